The number of phenols is 1. The van der Waals surface area contributed by atoms with Gasteiger partial charge < -0.3 is 25.2 Å². The Kier molecular flexibility index (Phi) is 11.3. The maximum absolute atomic E-state index is 13.0. The fourth-order valence-electron chi connectivity index (χ4n) is 5.25. The standard InChI is InChI=1S/C31H28N8O12S3/c1-2-53(44,45)20-7-5-19(6-8-20)36-37-25-24(52-51-50-43)16-22-21(26(25)40)9-10-23(27(22)54(46,47)48)32-29-33-30(38-12-14-49-15-13-38)35-31(34-29)39-11-3-4-18(17-39)28(41)42/h3-11,16-17H,2,12-15H2,1H3,(H4-,32,33,34,35,40,41,42,43,46,47,48)/p+1. The molecule has 282 valence electrons. The van der Waals surface area contributed by atoms with Gasteiger partial charge in [0.1, 0.15) is 10.6 Å². The first kappa shape index (κ1) is 38.3. The summed E-state index contributed by atoms with van der Waals surface area (Å²) in [5, 5.41) is 44.0. The predicted molar refractivity (Wildman–Crippen MR) is 189 cm³/mol. The van der Waals surface area contributed by atoms with Gasteiger partial charge in [0, 0.05) is 23.9 Å². The molecule has 3 heterocycles. The van der Waals surface area contributed by atoms with E-state index in [0.717, 1.165) is 0 Å². The predicted octanol–water partition coefficient (Wildman–Crippen LogP) is 4.17. The van der Waals surface area contributed by atoms with Crippen LogP contribution in [0.25, 0.3) is 16.7 Å². The highest BCUT2D eigenvalue weighted by Gasteiger charge is 2.28. The van der Waals surface area contributed by atoms with Crippen molar-refractivity contribution in [3.8, 4) is 11.7 Å². The SMILES string of the molecule is CCS(=O)(=O)c1ccc(N=Nc2c(SOOO)cc3c(S(=O)(=O)O)c(Nc4nc(N5CCOCC5)nc(-[n+]5cccc(C(=O)O)c5)n4)ccc3c2O)cc1. The van der Waals surface area contributed by atoms with Gasteiger partial charge in [0.25, 0.3) is 10.1 Å². The van der Waals surface area contributed by atoms with E-state index in [0.29, 0.717) is 38.3 Å². The van der Waals surface area contributed by atoms with E-state index in [-0.39, 0.29) is 66.8 Å². The van der Waals surface area contributed by atoms with E-state index >= 15 is 0 Å². The molecule has 1 saturated heterocycles. The van der Waals surface area contributed by atoms with Crippen molar-refractivity contribution >= 4 is 77.7 Å². The van der Waals surface area contributed by atoms with E-state index in [1.165, 1.54) is 78.5 Å². The van der Waals surface area contributed by atoms with Crippen molar-refractivity contribution in [3.63, 3.8) is 0 Å². The number of carboxylic acids is 1. The Labute approximate surface area is 310 Å². The van der Waals surface area contributed by atoms with Gasteiger partial charge in [-0.2, -0.15) is 13.5 Å². The van der Waals surface area contributed by atoms with E-state index < -0.39 is 36.6 Å². The van der Waals surface area contributed by atoms with Crippen molar-refractivity contribution in [1.82, 2.24) is 15.0 Å². The van der Waals surface area contributed by atoms with Gasteiger partial charge in [-0.3, -0.25) is 4.55 Å². The lowest BCUT2D eigenvalue weighted by atomic mass is 10.1. The van der Waals surface area contributed by atoms with E-state index in [1.54, 1.807) is 4.90 Å². The molecule has 0 bridgehead atoms. The normalized spacial score (nSPS) is 13.8. The summed E-state index contributed by atoms with van der Waals surface area (Å²) in [5.41, 5.74) is -0.383. The molecule has 5 N–H and O–H groups in total. The maximum Gasteiger partial charge on any atom is 0.444 e. The Balaban J connectivity index is 1.46. The number of rotatable bonds is 13. The van der Waals surface area contributed by atoms with Crippen molar-refractivity contribution in [1.29, 1.82) is 0 Å². The summed E-state index contributed by atoms with van der Waals surface area (Å²) in [5.74, 6) is -1.99. The molecule has 3 aromatic carbocycles. The second kappa shape index (κ2) is 15.9. The topological polar surface area (TPSA) is 276 Å². The number of morpholine rings is 1. The van der Waals surface area contributed by atoms with Crippen molar-refractivity contribution in [2.45, 2.75) is 21.6 Å². The van der Waals surface area contributed by atoms with Crippen LogP contribution in [0.4, 0.5) is 29.0 Å². The summed E-state index contributed by atoms with van der Waals surface area (Å²) in [6.07, 6.45) is 2.79. The Hall–Kier alpha value is -5.40. The second-order valence-corrected chi connectivity index (χ2v) is 15.6. The lowest BCUT2D eigenvalue weighted by Gasteiger charge is -2.25. The summed E-state index contributed by atoms with van der Waals surface area (Å²) < 4.78 is 72.3. The highest BCUT2D eigenvalue weighted by molar-refractivity contribution is 7.94. The highest BCUT2D eigenvalue weighted by atomic mass is 32.2. The molecule has 5 aromatic rings. The zero-order valence-electron chi connectivity index (χ0n) is 27.8. The molecular formula is C31H29N8O12S3+. The first-order valence-corrected chi connectivity index (χ1v) is 19.4. The first-order chi connectivity index (χ1) is 25.8. The number of carbonyl (C=O) groups is 1. The summed E-state index contributed by atoms with van der Waals surface area (Å²) in [6, 6.07) is 12.0. The van der Waals surface area contributed by atoms with E-state index in [1.807, 2.05) is 0 Å². The van der Waals surface area contributed by atoms with Crippen LogP contribution in [-0.4, -0.2) is 89.8 Å². The Morgan fingerprint density at radius 1 is 1.04 bits per heavy atom. The molecule has 0 amide bonds. The molecule has 54 heavy (non-hydrogen) atoms. The molecule has 1 aliphatic heterocycles. The van der Waals surface area contributed by atoms with Crippen molar-refractivity contribution in [2.75, 3.05) is 42.3 Å². The quantitative estimate of drug-likeness (QED) is 0.0279. The van der Waals surface area contributed by atoms with Gasteiger partial charge >= 0.3 is 23.8 Å². The largest absolute Gasteiger partial charge is 0.505 e. The molecule has 6 rings (SSSR count). The summed E-state index contributed by atoms with van der Waals surface area (Å²) >= 11 is 0.314. The van der Waals surface area contributed by atoms with Gasteiger partial charge in [-0.15, -0.1) is 14.4 Å². The van der Waals surface area contributed by atoms with Crippen LogP contribution in [0.1, 0.15) is 17.3 Å². The summed E-state index contributed by atoms with van der Waals surface area (Å²) in [4.78, 5) is 26.0. The molecule has 1 fully saturated rings. The van der Waals surface area contributed by atoms with E-state index in [9.17, 15) is 36.4 Å². The number of fused-ring (bicyclic) bond motifs is 1. The van der Waals surface area contributed by atoms with Crippen molar-refractivity contribution < 1.29 is 60.3 Å². The van der Waals surface area contributed by atoms with Crippen LogP contribution in [-0.2, 0) is 34.1 Å². The fraction of sp³-hybridized carbons (Fsp3) is 0.194. The average Bonchev–Trinajstić information content (AvgIpc) is 3.16. The van der Waals surface area contributed by atoms with Crippen molar-refractivity contribution in [2.24, 2.45) is 10.2 Å². The number of ether oxygens (including phenoxy) is 1. The van der Waals surface area contributed by atoms with Gasteiger partial charge in [-0.25, -0.2) is 23.0 Å². The molecule has 0 radical (unpaired) electrons. The van der Waals surface area contributed by atoms with Gasteiger partial charge in [-0.1, -0.05) is 12.0 Å². The number of phenolic OH excluding ortho intramolecular Hbond substituents is 1. The molecular weight excluding hydrogens is 773 g/mol. The zero-order valence-corrected chi connectivity index (χ0v) is 30.2. The number of nitrogens with one attached hydrogen (secondary N) is 1. The molecule has 0 atom stereocenters. The molecule has 1 aliphatic rings. The number of aromatic nitrogens is 4. The van der Waals surface area contributed by atoms with Crippen LogP contribution in [0.5, 0.6) is 5.75 Å². The van der Waals surface area contributed by atoms with Crippen LogP contribution in [0.3, 0.4) is 0 Å². The minimum atomic E-state index is -5.10. The van der Waals surface area contributed by atoms with Gasteiger partial charge in [0.05, 0.1) is 70.1 Å². The van der Waals surface area contributed by atoms with Gasteiger partial charge in [-0.05, 0) is 64.6 Å². The number of carboxylic acid groups (broad SMARTS) is 1. The number of benzene rings is 3. The summed E-state index contributed by atoms with van der Waals surface area (Å²) in [7, 11) is -8.58. The smallest absolute Gasteiger partial charge is 0.444 e. The van der Waals surface area contributed by atoms with Gasteiger partial charge in [0.2, 0.25) is 0 Å². The Morgan fingerprint density at radius 3 is 2.44 bits per heavy atom. The van der Waals surface area contributed by atoms with Crippen LogP contribution < -0.4 is 14.8 Å². The number of hydrogen-bond acceptors (Lipinski definition) is 18. The number of anilines is 3. The number of pyridine rings is 1. The monoisotopic (exact) mass is 801 g/mol. The average molecular weight is 802 g/mol. The summed E-state index contributed by atoms with van der Waals surface area (Å²) in [6.45, 7) is 3.05. The number of hydrogen-bond donors (Lipinski definition) is 5. The number of aromatic hydroxyl groups is 1. The third-order valence-corrected chi connectivity index (χ3v) is 11.2. The molecule has 23 heteroatoms. The number of nitrogens with zero attached hydrogens (tertiary/aromatic N) is 7. The lowest BCUT2D eigenvalue weighted by Crippen LogP contribution is -2.39. The number of aromatic carboxylic acids is 1. The van der Waals surface area contributed by atoms with Crippen LogP contribution in [0, 0.1) is 0 Å². The fourth-order valence-corrected chi connectivity index (χ4v) is 7.47. The third kappa shape index (κ3) is 8.37. The number of sulfone groups is 1. The minimum Gasteiger partial charge on any atom is -0.505 e. The first-order valence-electron chi connectivity index (χ1n) is 15.6. The lowest BCUT2D eigenvalue weighted by molar-refractivity contribution is -0.603. The van der Waals surface area contributed by atoms with Gasteiger partial charge in [0.15, 0.2) is 15.6 Å². The zero-order chi connectivity index (χ0) is 38.6. The maximum atomic E-state index is 13.0. The minimum absolute atomic E-state index is 0.0274. The van der Waals surface area contributed by atoms with Crippen LogP contribution in [0.15, 0.2) is 91.9 Å². The van der Waals surface area contributed by atoms with Crippen LogP contribution >= 0.6 is 12.0 Å². The third-order valence-electron chi connectivity index (χ3n) is 7.87. The molecule has 0 aliphatic carbocycles. The number of azo groups is 1. The molecule has 0 unspecified atom stereocenters. The Morgan fingerprint density at radius 2 is 1.78 bits per heavy atom. The second-order valence-electron chi connectivity index (χ2n) is 11.2. The molecule has 2 aromatic heterocycles. The Bertz CT molecular complexity index is 2480. The molecule has 0 saturated carbocycles. The molecule has 0 spiro atoms. The van der Waals surface area contributed by atoms with E-state index in [2.05, 4.69) is 39.9 Å². The van der Waals surface area contributed by atoms with E-state index in [4.69, 9.17) is 9.99 Å². The van der Waals surface area contributed by atoms with Crippen LogP contribution in [0.2, 0.25) is 0 Å². The van der Waals surface area contributed by atoms with Crippen molar-refractivity contribution in [3.05, 3.63) is 72.6 Å². The molecule has 20 nitrogen and oxygen atoms in total. The highest BCUT2D eigenvalue weighted by Crippen LogP contribution is 2.47.